The maximum Gasteiger partial charge on any atom is 0.338 e. The molecule has 3 nitrogen and oxygen atoms in total. The van der Waals surface area contributed by atoms with Gasteiger partial charge >= 0.3 is 5.97 Å². The third-order valence-electron chi connectivity index (χ3n) is 5.42. The Morgan fingerprint density at radius 3 is 2.00 bits per heavy atom. The predicted octanol–water partition coefficient (Wildman–Crippen LogP) is 5.98. The Hall–Kier alpha value is -2.13. The molecule has 0 radical (unpaired) electrons. The maximum atomic E-state index is 12.1. The molecule has 1 aliphatic carbocycles. The summed E-state index contributed by atoms with van der Waals surface area (Å²) >= 11 is 0. The number of benzene rings is 2. The summed E-state index contributed by atoms with van der Waals surface area (Å²) in [7, 11) is 1.72. The van der Waals surface area contributed by atoms with Crippen LogP contribution in [0.15, 0.2) is 48.5 Å². The van der Waals surface area contributed by atoms with E-state index in [4.69, 9.17) is 9.47 Å². The van der Waals surface area contributed by atoms with Gasteiger partial charge in [0.25, 0.3) is 0 Å². The van der Waals surface area contributed by atoms with Crippen molar-refractivity contribution < 1.29 is 14.3 Å². The highest BCUT2D eigenvalue weighted by Gasteiger charge is 2.19. The maximum absolute atomic E-state index is 12.1. The van der Waals surface area contributed by atoms with Crippen molar-refractivity contribution in [3.63, 3.8) is 0 Å². The minimum Gasteiger partial charge on any atom is -0.462 e. The lowest BCUT2D eigenvalue weighted by atomic mass is 9.80. The van der Waals surface area contributed by atoms with Gasteiger partial charge in [-0.15, -0.1) is 0 Å². The zero-order chi connectivity index (χ0) is 18.9. The second kappa shape index (κ2) is 10.3. The zero-order valence-corrected chi connectivity index (χ0v) is 16.3. The molecule has 0 amide bonds. The predicted molar refractivity (Wildman–Crippen MR) is 109 cm³/mol. The minimum atomic E-state index is -0.237. The lowest BCUT2D eigenvalue weighted by molar-refractivity contribution is 0.0497. The molecule has 0 aromatic heterocycles. The standard InChI is InChI=1S/C24H30O3/c1-26-17-4-2-3-5-18-27-24(25)23-15-13-22(14-16-23)21-11-9-20(10-12-21)19-7-6-8-19/h9-16,19H,2-8,17-18H2,1H3. The van der Waals surface area contributed by atoms with Crippen molar-refractivity contribution in [2.75, 3.05) is 20.3 Å². The molecule has 2 aromatic carbocycles. The Morgan fingerprint density at radius 2 is 1.44 bits per heavy atom. The van der Waals surface area contributed by atoms with Gasteiger partial charge in [0.1, 0.15) is 0 Å². The van der Waals surface area contributed by atoms with Crippen LogP contribution in [0.1, 0.15) is 66.8 Å². The number of unbranched alkanes of at least 4 members (excludes halogenated alkanes) is 3. The van der Waals surface area contributed by atoms with Crippen LogP contribution in [0.5, 0.6) is 0 Å². The summed E-state index contributed by atoms with van der Waals surface area (Å²) in [5.74, 6) is 0.523. The van der Waals surface area contributed by atoms with E-state index >= 15 is 0 Å². The van der Waals surface area contributed by atoms with Crippen LogP contribution in [0.3, 0.4) is 0 Å². The van der Waals surface area contributed by atoms with E-state index in [1.807, 2.05) is 24.3 Å². The molecule has 0 aliphatic heterocycles. The van der Waals surface area contributed by atoms with Gasteiger partial charge in [-0.05, 0) is 66.8 Å². The number of hydrogen-bond donors (Lipinski definition) is 0. The summed E-state index contributed by atoms with van der Waals surface area (Å²) in [6.45, 7) is 1.28. The fourth-order valence-corrected chi connectivity index (χ4v) is 3.44. The van der Waals surface area contributed by atoms with Crippen molar-refractivity contribution >= 4 is 5.97 Å². The van der Waals surface area contributed by atoms with Gasteiger partial charge in [-0.2, -0.15) is 0 Å². The van der Waals surface area contributed by atoms with Crippen LogP contribution in [-0.2, 0) is 9.47 Å². The first-order valence-corrected chi connectivity index (χ1v) is 10.1. The van der Waals surface area contributed by atoms with Gasteiger partial charge < -0.3 is 9.47 Å². The molecule has 27 heavy (non-hydrogen) atoms. The molecule has 0 N–H and O–H groups in total. The molecule has 2 aromatic rings. The van der Waals surface area contributed by atoms with Crippen LogP contribution in [0.2, 0.25) is 0 Å². The van der Waals surface area contributed by atoms with Crippen LogP contribution in [0.25, 0.3) is 11.1 Å². The lowest BCUT2D eigenvalue weighted by Gasteiger charge is -2.25. The molecule has 3 heteroatoms. The molecule has 0 saturated heterocycles. The minimum absolute atomic E-state index is 0.237. The zero-order valence-electron chi connectivity index (χ0n) is 16.3. The summed E-state index contributed by atoms with van der Waals surface area (Å²) in [5, 5.41) is 0. The van der Waals surface area contributed by atoms with Gasteiger partial charge in [0, 0.05) is 13.7 Å². The van der Waals surface area contributed by atoms with Crippen LogP contribution in [-0.4, -0.2) is 26.3 Å². The van der Waals surface area contributed by atoms with E-state index in [1.54, 1.807) is 7.11 Å². The van der Waals surface area contributed by atoms with Gasteiger partial charge in [-0.25, -0.2) is 4.79 Å². The van der Waals surface area contributed by atoms with E-state index in [-0.39, 0.29) is 5.97 Å². The molecule has 0 atom stereocenters. The molecule has 0 heterocycles. The monoisotopic (exact) mass is 366 g/mol. The van der Waals surface area contributed by atoms with E-state index in [0.717, 1.165) is 43.8 Å². The molecular formula is C24H30O3. The second-order valence-corrected chi connectivity index (χ2v) is 7.37. The van der Waals surface area contributed by atoms with E-state index < -0.39 is 0 Å². The third-order valence-corrected chi connectivity index (χ3v) is 5.42. The van der Waals surface area contributed by atoms with Crippen molar-refractivity contribution in [2.45, 2.75) is 50.9 Å². The first-order chi connectivity index (χ1) is 13.3. The second-order valence-electron chi connectivity index (χ2n) is 7.37. The largest absolute Gasteiger partial charge is 0.462 e. The quantitative estimate of drug-likeness (QED) is 0.383. The van der Waals surface area contributed by atoms with Crippen molar-refractivity contribution in [3.05, 3.63) is 59.7 Å². The number of carbonyl (C=O) groups excluding carboxylic acids is 1. The number of rotatable bonds is 10. The Labute approximate surface area is 162 Å². The summed E-state index contributed by atoms with van der Waals surface area (Å²) < 4.78 is 10.4. The van der Waals surface area contributed by atoms with Crippen LogP contribution < -0.4 is 0 Å². The lowest BCUT2D eigenvalue weighted by Crippen LogP contribution is -2.08. The molecule has 0 bridgehead atoms. The number of esters is 1. The number of ether oxygens (including phenoxy) is 2. The summed E-state index contributed by atoms with van der Waals surface area (Å²) in [6.07, 6.45) is 8.14. The van der Waals surface area contributed by atoms with Crippen molar-refractivity contribution in [1.29, 1.82) is 0 Å². The summed E-state index contributed by atoms with van der Waals surface area (Å²) in [4.78, 5) is 12.1. The first-order valence-electron chi connectivity index (χ1n) is 10.1. The molecule has 0 spiro atoms. The highest BCUT2D eigenvalue weighted by Crippen LogP contribution is 2.36. The fourth-order valence-electron chi connectivity index (χ4n) is 3.44. The normalized spacial score (nSPS) is 14.0. The topological polar surface area (TPSA) is 35.5 Å². The third kappa shape index (κ3) is 5.67. The van der Waals surface area contributed by atoms with E-state index in [9.17, 15) is 4.79 Å². The average molecular weight is 367 g/mol. The number of hydrogen-bond acceptors (Lipinski definition) is 3. The molecule has 3 rings (SSSR count). The van der Waals surface area contributed by atoms with Crippen molar-refractivity contribution in [2.24, 2.45) is 0 Å². The smallest absolute Gasteiger partial charge is 0.338 e. The van der Waals surface area contributed by atoms with Gasteiger partial charge in [-0.3, -0.25) is 0 Å². The highest BCUT2D eigenvalue weighted by atomic mass is 16.5. The SMILES string of the molecule is COCCCCCCOC(=O)c1ccc(-c2ccc(C3CCC3)cc2)cc1. The van der Waals surface area contributed by atoms with Crippen LogP contribution >= 0.6 is 0 Å². The molecule has 1 aliphatic rings. The summed E-state index contributed by atoms with van der Waals surface area (Å²) in [5.41, 5.74) is 4.38. The Kier molecular flexibility index (Phi) is 7.46. The number of methoxy groups -OCH3 is 1. The van der Waals surface area contributed by atoms with Gasteiger partial charge in [0.2, 0.25) is 0 Å². The molecular weight excluding hydrogens is 336 g/mol. The number of carbonyl (C=O) groups is 1. The Bertz CT molecular complexity index is 699. The molecule has 1 saturated carbocycles. The van der Waals surface area contributed by atoms with Gasteiger partial charge in [0.15, 0.2) is 0 Å². The van der Waals surface area contributed by atoms with Crippen molar-refractivity contribution in [1.82, 2.24) is 0 Å². The Morgan fingerprint density at radius 1 is 0.852 bits per heavy atom. The highest BCUT2D eigenvalue weighted by molar-refractivity contribution is 5.90. The van der Waals surface area contributed by atoms with Gasteiger partial charge in [-0.1, -0.05) is 49.2 Å². The Balaban J connectivity index is 1.45. The molecule has 0 unspecified atom stereocenters. The van der Waals surface area contributed by atoms with E-state index in [2.05, 4.69) is 24.3 Å². The van der Waals surface area contributed by atoms with Crippen LogP contribution in [0, 0.1) is 0 Å². The van der Waals surface area contributed by atoms with Crippen LogP contribution in [0.4, 0.5) is 0 Å². The van der Waals surface area contributed by atoms with E-state index in [1.165, 1.54) is 30.4 Å². The van der Waals surface area contributed by atoms with E-state index in [0.29, 0.717) is 12.2 Å². The average Bonchev–Trinajstić information content (AvgIpc) is 2.66. The molecule has 144 valence electrons. The summed E-state index contributed by atoms with van der Waals surface area (Å²) in [6, 6.07) is 16.6. The van der Waals surface area contributed by atoms with Crippen molar-refractivity contribution in [3.8, 4) is 11.1 Å². The first kappa shape index (κ1) is 19.6. The van der Waals surface area contributed by atoms with Gasteiger partial charge in [0.05, 0.1) is 12.2 Å². The fraction of sp³-hybridized carbons (Fsp3) is 0.458. The molecule has 1 fully saturated rings.